The minimum Gasteiger partial charge on any atom is -0.481 e. The van der Waals surface area contributed by atoms with E-state index in [0.29, 0.717) is 35.5 Å². The maximum atomic E-state index is 13.3. The smallest absolute Gasteiger partial charge is 0.303 e. The SMILES string of the molecule is O=C(O)CC12C[C@H]3C[C@H](C1)CC(n1ncc(NCCc4ccc(Cl)cc4)c(Cl)c1=O)(C3)C2. The van der Waals surface area contributed by atoms with Gasteiger partial charge in [0, 0.05) is 11.6 Å². The summed E-state index contributed by atoms with van der Waals surface area (Å²) < 4.78 is 1.59. The third kappa shape index (κ3) is 3.92. The predicted molar refractivity (Wildman–Crippen MR) is 124 cm³/mol. The van der Waals surface area contributed by atoms with E-state index in [0.717, 1.165) is 44.1 Å². The number of nitrogens with one attached hydrogen (secondary N) is 1. The molecule has 0 radical (unpaired) electrons. The van der Waals surface area contributed by atoms with Crippen LogP contribution in [0.25, 0.3) is 0 Å². The van der Waals surface area contributed by atoms with E-state index < -0.39 is 11.5 Å². The van der Waals surface area contributed by atoms with Crippen LogP contribution in [0.15, 0.2) is 35.3 Å². The minimum absolute atomic E-state index is 0.152. The second-order valence-corrected chi connectivity index (χ2v) is 11.0. The van der Waals surface area contributed by atoms with Crippen molar-refractivity contribution >= 4 is 34.9 Å². The Hall–Kier alpha value is -2.05. The molecule has 4 aliphatic carbocycles. The molecule has 4 saturated carbocycles. The molecule has 4 fully saturated rings. The molecule has 2 atom stereocenters. The summed E-state index contributed by atoms with van der Waals surface area (Å²) in [5.74, 6) is 0.168. The predicted octanol–water partition coefficient (Wildman–Crippen LogP) is 4.97. The van der Waals surface area contributed by atoms with E-state index in [9.17, 15) is 14.7 Å². The molecule has 1 aromatic carbocycles. The van der Waals surface area contributed by atoms with Crippen LogP contribution in [0.3, 0.4) is 0 Å². The van der Waals surface area contributed by atoms with Gasteiger partial charge in [0.1, 0.15) is 5.02 Å². The molecule has 0 amide bonds. The van der Waals surface area contributed by atoms with Crippen molar-refractivity contribution in [1.29, 1.82) is 0 Å². The molecule has 0 saturated heterocycles. The second-order valence-electron chi connectivity index (χ2n) is 10.1. The Labute approximate surface area is 196 Å². The Kier molecular flexibility index (Phi) is 5.49. The molecule has 1 heterocycles. The first-order valence-electron chi connectivity index (χ1n) is 11.3. The first-order chi connectivity index (χ1) is 15.3. The van der Waals surface area contributed by atoms with E-state index in [4.69, 9.17) is 23.2 Å². The highest BCUT2D eigenvalue weighted by Gasteiger charge is 2.59. The average Bonchev–Trinajstić information content (AvgIpc) is 2.70. The normalized spacial score (nSPS) is 30.4. The number of hydrogen-bond acceptors (Lipinski definition) is 4. The van der Waals surface area contributed by atoms with Gasteiger partial charge in [-0.15, -0.1) is 0 Å². The topological polar surface area (TPSA) is 84.2 Å². The van der Waals surface area contributed by atoms with Crippen LogP contribution in [0.1, 0.15) is 50.5 Å². The molecule has 2 aromatic rings. The lowest BCUT2D eigenvalue weighted by Gasteiger charge is -2.61. The fraction of sp³-hybridized carbons (Fsp3) is 0.542. The van der Waals surface area contributed by atoms with E-state index in [1.807, 2.05) is 24.3 Å². The molecule has 170 valence electrons. The highest BCUT2D eigenvalue weighted by molar-refractivity contribution is 6.33. The quantitative estimate of drug-likeness (QED) is 0.589. The standard InChI is InChI=1S/C24H27Cl2N3O3/c25-18-3-1-15(2-4-18)5-6-27-19-13-28-29(22(32)21(19)26)24-10-16-7-17(11-24)9-23(8-16,14-24)12-20(30)31/h1-4,13,16-17,27H,5-12,14H2,(H,30,31)/t16-,17-,23?,24?/m1/s1. The molecule has 0 unspecified atom stereocenters. The van der Waals surface area contributed by atoms with Gasteiger partial charge in [-0.2, -0.15) is 5.10 Å². The van der Waals surface area contributed by atoms with Crippen LogP contribution in [0, 0.1) is 17.3 Å². The van der Waals surface area contributed by atoms with Crippen molar-refractivity contribution in [2.24, 2.45) is 17.3 Å². The van der Waals surface area contributed by atoms with Gasteiger partial charge in [-0.05, 0) is 79.9 Å². The highest BCUT2D eigenvalue weighted by atomic mass is 35.5. The van der Waals surface area contributed by atoms with Crippen LogP contribution in [-0.2, 0) is 16.8 Å². The zero-order chi connectivity index (χ0) is 22.5. The van der Waals surface area contributed by atoms with Gasteiger partial charge in [-0.1, -0.05) is 35.3 Å². The monoisotopic (exact) mass is 475 g/mol. The Morgan fingerprint density at radius 3 is 2.50 bits per heavy atom. The summed E-state index contributed by atoms with van der Waals surface area (Å²) in [4.78, 5) is 24.9. The van der Waals surface area contributed by atoms with Crippen molar-refractivity contribution in [3.05, 3.63) is 56.4 Å². The molecule has 1 aromatic heterocycles. The number of halogens is 2. The summed E-state index contributed by atoms with van der Waals surface area (Å²) in [5.41, 5.74) is 0.750. The summed E-state index contributed by atoms with van der Waals surface area (Å²) in [7, 11) is 0. The van der Waals surface area contributed by atoms with Gasteiger partial charge in [-0.25, -0.2) is 4.68 Å². The van der Waals surface area contributed by atoms with Crippen LogP contribution < -0.4 is 10.9 Å². The van der Waals surface area contributed by atoms with Gasteiger partial charge in [0.05, 0.1) is 23.8 Å². The number of aliphatic carboxylic acids is 1. The molecule has 4 aliphatic rings. The largest absolute Gasteiger partial charge is 0.481 e. The second kappa shape index (κ2) is 8.07. The highest BCUT2D eigenvalue weighted by Crippen LogP contribution is 2.65. The lowest BCUT2D eigenvalue weighted by atomic mass is 9.46. The molecule has 4 bridgehead atoms. The lowest BCUT2D eigenvalue weighted by molar-refractivity contribution is -0.151. The summed E-state index contributed by atoms with van der Waals surface area (Å²) in [6.45, 7) is 0.615. The molecule has 32 heavy (non-hydrogen) atoms. The van der Waals surface area contributed by atoms with Crippen LogP contribution in [-0.4, -0.2) is 27.4 Å². The van der Waals surface area contributed by atoms with E-state index in [-0.39, 0.29) is 22.4 Å². The maximum Gasteiger partial charge on any atom is 0.303 e. The summed E-state index contributed by atoms with van der Waals surface area (Å²) in [6, 6.07) is 7.66. The number of hydrogen-bond donors (Lipinski definition) is 2. The Bertz CT molecular complexity index is 1080. The fourth-order valence-electron chi connectivity index (χ4n) is 7.06. The molecular weight excluding hydrogens is 449 g/mol. The average molecular weight is 476 g/mol. The van der Waals surface area contributed by atoms with Crippen molar-refractivity contribution in [1.82, 2.24) is 9.78 Å². The number of carboxylic acids is 1. The molecule has 6 nitrogen and oxygen atoms in total. The van der Waals surface area contributed by atoms with Crippen molar-refractivity contribution in [3.8, 4) is 0 Å². The van der Waals surface area contributed by atoms with Crippen LogP contribution in [0.2, 0.25) is 10.0 Å². The number of carboxylic acid groups (broad SMARTS) is 1. The van der Waals surface area contributed by atoms with E-state index in [2.05, 4.69) is 10.4 Å². The van der Waals surface area contributed by atoms with Gasteiger partial charge in [0.2, 0.25) is 0 Å². The maximum absolute atomic E-state index is 13.3. The van der Waals surface area contributed by atoms with Crippen molar-refractivity contribution in [3.63, 3.8) is 0 Å². The van der Waals surface area contributed by atoms with Gasteiger partial charge >= 0.3 is 5.97 Å². The van der Waals surface area contributed by atoms with Gasteiger partial charge < -0.3 is 10.4 Å². The molecule has 6 rings (SSSR count). The molecule has 0 aliphatic heterocycles. The number of aromatic nitrogens is 2. The van der Waals surface area contributed by atoms with Gasteiger partial charge in [0.25, 0.3) is 5.56 Å². The third-order valence-electron chi connectivity index (χ3n) is 7.69. The van der Waals surface area contributed by atoms with E-state index >= 15 is 0 Å². The minimum atomic E-state index is -0.749. The van der Waals surface area contributed by atoms with Gasteiger partial charge in [0.15, 0.2) is 0 Å². The zero-order valence-electron chi connectivity index (χ0n) is 17.8. The Balaban J connectivity index is 1.36. The number of nitrogens with zero attached hydrogens (tertiary/aromatic N) is 2. The van der Waals surface area contributed by atoms with Crippen molar-refractivity contribution in [2.75, 3.05) is 11.9 Å². The Morgan fingerprint density at radius 1 is 1.16 bits per heavy atom. The fourth-order valence-corrected chi connectivity index (χ4v) is 7.39. The molecule has 0 spiro atoms. The molecule has 8 heteroatoms. The van der Waals surface area contributed by atoms with Crippen LogP contribution >= 0.6 is 23.2 Å². The molecule has 2 N–H and O–H groups in total. The lowest BCUT2D eigenvalue weighted by Crippen LogP contribution is -2.59. The Morgan fingerprint density at radius 2 is 1.84 bits per heavy atom. The van der Waals surface area contributed by atoms with Gasteiger partial charge in [-0.3, -0.25) is 9.59 Å². The number of benzene rings is 1. The first-order valence-corrected chi connectivity index (χ1v) is 12.0. The van der Waals surface area contributed by atoms with Crippen LogP contribution in [0.4, 0.5) is 5.69 Å². The summed E-state index contributed by atoms with van der Waals surface area (Å²) in [6.07, 6.45) is 8.09. The van der Waals surface area contributed by atoms with Crippen LogP contribution in [0.5, 0.6) is 0 Å². The molecular formula is C24H27Cl2N3O3. The zero-order valence-corrected chi connectivity index (χ0v) is 19.3. The van der Waals surface area contributed by atoms with Crippen molar-refractivity contribution in [2.45, 2.75) is 56.9 Å². The van der Waals surface area contributed by atoms with Crippen molar-refractivity contribution < 1.29 is 9.90 Å². The summed E-state index contributed by atoms with van der Waals surface area (Å²) in [5, 5.41) is 18.2. The summed E-state index contributed by atoms with van der Waals surface area (Å²) >= 11 is 12.4. The van der Waals surface area contributed by atoms with E-state index in [1.165, 1.54) is 0 Å². The first kappa shape index (κ1) is 21.8. The number of carbonyl (C=O) groups is 1. The van der Waals surface area contributed by atoms with E-state index in [1.54, 1.807) is 10.9 Å². The third-order valence-corrected chi connectivity index (χ3v) is 8.31. The number of anilines is 1. The number of rotatable bonds is 7.